The molecule has 2 fully saturated rings. The number of carbonyl (C=O) groups excluding carboxylic acids is 1. The van der Waals surface area contributed by atoms with Crippen molar-refractivity contribution in [3.63, 3.8) is 0 Å². The molecule has 0 saturated carbocycles. The van der Waals surface area contributed by atoms with Crippen LogP contribution in [0.4, 0.5) is 11.4 Å². The predicted molar refractivity (Wildman–Crippen MR) is 121 cm³/mol. The van der Waals surface area contributed by atoms with E-state index in [0.29, 0.717) is 13.2 Å². The van der Waals surface area contributed by atoms with Crippen molar-refractivity contribution in [3.8, 4) is 5.75 Å². The zero-order valence-electron chi connectivity index (χ0n) is 17.6. The van der Waals surface area contributed by atoms with Gasteiger partial charge in [-0.05, 0) is 49.2 Å². The molecule has 2 heterocycles. The van der Waals surface area contributed by atoms with Crippen LogP contribution in [0.2, 0.25) is 0 Å². The van der Waals surface area contributed by atoms with Crippen molar-refractivity contribution in [2.75, 3.05) is 69.2 Å². The third-order valence-corrected chi connectivity index (χ3v) is 5.87. The average molecular weight is 409 g/mol. The SMILES string of the molecule is O=C(CN1CCN(CCOc2ccccc2)CC1)Nc1ccc(N2CCCC2)cc1. The van der Waals surface area contributed by atoms with Gasteiger partial charge in [0.1, 0.15) is 12.4 Å². The van der Waals surface area contributed by atoms with E-state index in [1.54, 1.807) is 0 Å². The van der Waals surface area contributed by atoms with E-state index in [2.05, 4.69) is 32.1 Å². The highest BCUT2D eigenvalue weighted by molar-refractivity contribution is 5.92. The van der Waals surface area contributed by atoms with Gasteiger partial charge in [-0.25, -0.2) is 0 Å². The topological polar surface area (TPSA) is 48.1 Å². The Morgan fingerprint density at radius 1 is 0.833 bits per heavy atom. The molecule has 0 radical (unpaired) electrons. The highest BCUT2D eigenvalue weighted by Gasteiger charge is 2.19. The molecule has 2 aromatic carbocycles. The maximum Gasteiger partial charge on any atom is 0.238 e. The minimum Gasteiger partial charge on any atom is -0.492 e. The van der Waals surface area contributed by atoms with Gasteiger partial charge in [0.05, 0.1) is 6.54 Å². The zero-order valence-corrected chi connectivity index (χ0v) is 17.6. The quantitative estimate of drug-likeness (QED) is 0.728. The first-order chi connectivity index (χ1) is 14.8. The van der Waals surface area contributed by atoms with E-state index in [1.807, 2.05) is 42.5 Å². The Balaban J connectivity index is 1.14. The van der Waals surface area contributed by atoms with Crippen molar-refractivity contribution in [2.24, 2.45) is 0 Å². The van der Waals surface area contributed by atoms with Crippen LogP contribution in [0, 0.1) is 0 Å². The summed E-state index contributed by atoms with van der Waals surface area (Å²) in [4.78, 5) is 19.5. The predicted octanol–water partition coefficient (Wildman–Crippen LogP) is 2.92. The van der Waals surface area contributed by atoms with E-state index in [1.165, 1.54) is 18.5 Å². The molecule has 0 spiro atoms. The molecule has 0 aromatic heterocycles. The molecule has 6 nitrogen and oxygen atoms in total. The Kier molecular flexibility index (Phi) is 7.21. The largest absolute Gasteiger partial charge is 0.492 e. The fraction of sp³-hybridized carbons (Fsp3) is 0.458. The van der Waals surface area contributed by atoms with Crippen LogP contribution in [0.1, 0.15) is 12.8 Å². The highest BCUT2D eigenvalue weighted by Crippen LogP contribution is 2.22. The third kappa shape index (κ3) is 5.97. The molecule has 30 heavy (non-hydrogen) atoms. The van der Waals surface area contributed by atoms with Gasteiger partial charge < -0.3 is 15.0 Å². The smallest absolute Gasteiger partial charge is 0.238 e. The molecule has 0 aliphatic carbocycles. The first kappa shape index (κ1) is 20.7. The summed E-state index contributed by atoms with van der Waals surface area (Å²) in [6.45, 7) is 8.08. The maximum atomic E-state index is 12.4. The second kappa shape index (κ2) is 10.5. The van der Waals surface area contributed by atoms with Gasteiger partial charge in [0.25, 0.3) is 0 Å². The number of rotatable bonds is 8. The Bertz CT molecular complexity index is 783. The van der Waals surface area contributed by atoms with Crippen molar-refractivity contribution in [1.29, 1.82) is 0 Å². The number of para-hydroxylation sites is 1. The van der Waals surface area contributed by atoms with Crippen LogP contribution in [0.15, 0.2) is 54.6 Å². The van der Waals surface area contributed by atoms with Crippen LogP contribution in [-0.4, -0.2) is 74.7 Å². The summed E-state index contributed by atoms with van der Waals surface area (Å²) in [5.41, 5.74) is 2.12. The number of carbonyl (C=O) groups is 1. The number of hydrogen-bond acceptors (Lipinski definition) is 5. The summed E-state index contributed by atoms with van der Waals surface area (Å²) in [7, 11) is 0. The Morgan fingerprint density at radius 2 is 1.50 bits per heavy atom. The lowest BCUT2D eigenvalue weighted by Crippen LogP contribution is -2.49. The molecule has 0 unspecified atom stereocenters. The number of hydrogen-bond donors (Lipinski definition) is 1. The molecular weight excluding hydrogens is 376 g/mol. The fourth-order valence-corrected chi connectivity index (χ4v) is 4.11. The number of nitrogens with one attached hydrogen (secondary N) is 1. The van der Waals surface area contributed by atoms with Crippen LogP contribution in [-0.2, 0) is 4.79 Å². The molecule has 160 valence electrons. The standard InChI is InChI=1S/C24H32N4O2/c29-24(25-21-8-10-22(11-9-21)28-12-4-5-13-28)20-27-16-14-26(15-17-27)18-19-30-23-6-2-1-3-7-23/h1-3,6-11H,4-5,12-20H2,(H,25,29). The number of piperazine rings is 1. The molecule has 4 rings (SSSR count). The van der Waals surface area contributed by atoms with E-state index in [4.69, 9.17) is 4.74 Å². The molecule has 1 N–H and O–H groups in total. The van der Waals surface area contributed by atoms with E-state index >= 15 is 0 Å². The second-order valence-corrected chi connectivity index (χ2v) is 8.07. The van der Waals surface area contributed by atoms with Crippen molar-refractivity contribution < 1.29 is 9.53 Å². The highest BCUT2D eigenvalue weighted by atomic mass is 16.5. The number of nitrogens with zero attached hydrogens (tertiary/aromatic N) is 3. The number of ether oxygens (including phenoxy) is 1. The maximum absolute atomic E-state index is 12.4. The summed E-state index contributed by atoms with van der Waals surface area (Å²) in [5.74, 6) is 0.978. The first-order valence-corrected chi connectivity index (χ1v) is 11.0. The first-order valence-electron chi connectivity index (χ1n) is 11.0. The molecule has 0 bridgehead atoms. The molecule has 0 atom stereocenters. The Morgan fingerprint density at radius 3 is 2.20 bits per heavy atom. The van der Waals surface area contributed by atoms with Gasteiger partial charge in [-0.1, -0.05) is 18.2 Å². The molecule has 2 aliphatic heterocycles. The summed E-state index contributed by atoms with van der Waals surface area (Å²) in [6.07, 6.45) is 2.54. The summed E-state index contributed by atoms with van der Waals surface area (Å²) in [6, 6.07) is 18.2. The van der Waals surface area contributed by atoms with Crippen molar-refractivity contribution >= 4 is 17.3 Å². The van der Waals surface area contributed by atoms with Crippen LogP contribution in [0.25, 0.3) is 0 Å². The van der Waals surface area contributed by atoms with Gasteiger partial charge in [-0.3, -0.25) is 14.6 Å². The van der Waals surface area contributed by atoms with E-state index < -0.39 is 0 Å². The number of benzene rings is 2. The van der Waals surface area contributed by atoms with Gasteiger partial charge in [0, 0.05) is 57.2 Å². The number of amides is 1. The zero-order chi connectivity index (χ0) is 20.6. The summed E-state index contributed by atoms with van der Waals surface area (Å²) < 4.78 is 5.78. The minimum absolute atomic E-state index is 0.0600. The lowest BCUT2D eigenvalue weighted by molar-refractivity contribution is -0.117. The second-order valence-electron chi connectivity index (χ2n) is 8.07. The molecule has 6 heteroatoms. The van der Waals surface area contributed by atoms with Crippen molar-refractivity contribution in [3.05, 3.63) is 54.6 Å². The van der Waals surface area contributed by atoms with Crippen LogP contribution in [0.5, 0.6) is 5.75 Å². The number of anilines is 2. The lowest BCUT2D eigenvalue weighted by atomic mass is 10.2. The van der Waals surface area contributed by atoms with E-state index in [-0.39, 0.29) is 5.91 Å². The summed E-state index contributed by atoms with van der Waals surface area (Å²) >= 11 is 0. The molecular formula is C24H32N4O2. The Hall–Kier alpha value is -2.57. The fourth-order valence-electron chi connectivity index (χ4n) is 4.11. The molecule has 2 aliphatic rings. The average Bonchev–Trinajstić information content (AvgIpc) is 3.31. The lowest BCUT2D eigenvalue weighted by Gasteiger charge is -2.34. The van der Waals surface area contributed by atoms with Gasteiger partial charge in [0.15, 0.2) is 0 Å². The van der Waals surface area contributed by atoms with E-state index in [0.717, 1.165) is 57.3 Å². The van der Waals surface area contributed by atoms with E-state index in [9.17, 15) is 4.79 Å². The normalized spacial score (nSPS) is 17.8. The third-order valence-electron chi connectivity index (χ3n) is 5.87. The van der Waals surface area contributed by atoms with Crippen molar-refractivity contribution in [2.45, 2.75) is 12.8 Å². The van der Waals surface area contributed by atoms with Crippen LogP contribution in [0.3, 0.4) is 0 Å². The molecule has 1 amide bonds. The van der Waals surface area contributed by atoms with Crippen molar-refractivity contribution in [1.82, 2.24) is 9.80 Å². The Labute approximate surface area is 179 Å². The minimum atomic E-state index is 0.0600. The van der Waals surface area contributed by atoms with Gasteiger partial charge in [-0.2, -0.15) is 0 Å². The summed E-state index contributed by atoms with van der Waals surface area (Å²) in [5, 5.41) is 3.04. The van der Waals surface area contributed by atoms with Gasteiger partial charge in [0.2, 0.25) is 5.91 Å². The monoisotopic (exact) mass is 408 g/mol. The van der Waals surface area contributed by atoms with Crippen LogP contribution < -0.4 is 15.0 Å². The molecule has 2 saturated heterocycles. The van der Waals surface area contributed by atoms with Gasteiger partial charge >= 0.3 is 0 Å². The van der Waals surface area contributed by atoms with Gasteiger partial charge in [-0.15, -0.1) is 0 Å². The van der Waals surface area contributed by atoms with Crippen LogP contribution >= 0.6 is 0 Å². The molecule has 2 aromatic rings.